The van der Waals surface area contributed by atoms with Crippen LogP contribution < -0.4 is 5.32 Å². The molecule has 0 radical (unpaired) electrons. The smallest absolute Gasteiger partial charge is 0.255 e. The van der Waals surface area contributed by atoms with E-state index in [-0.39, 0.29) is 12.5 Å². The van der Waals surface area contributed by atoms with Gasteiger partial charge in [0.05, 0.1) is 35.1 Å². The lowest BCUT2D eigenvalue weighted by molar-refractivity contribution is 0.0871. The van der Waals surface area contributed by atoms with Crippen LogP contribution in [0.25, 0.3) is 27.9 Å². The highest BCUT2D eigenvalue weighted by molar-refractivity contribution is 6.31. The first-order chi connectivity index (χ1) is 13.3. The molecule has 0 unspecified atom stereocenters. The molecular formula is C19H19ClN6O2. The number of halogens is 1. The minimum absolute atomic E-state index is 0.181. The molecule has 0 saturated heterocycles. The molecule has 3 aromatic heterocycles. The maximum Gasteiger partial charge on any atom is 0.255 e. The number of rotatable bonds is 4. The monoisotopic (exact) mass is 398 g/mol. The van der Waals surface area contributed by atoms with Crippen molar-refractivity contribution in [3.8, 4) is 5.82 Å². The Hall–Kier alpha value is -2.97. The van der Waals surface area contributed by atoms with E-state index in [9.17, 15) is 9.90 Å². The van der Waals surface area contributed by atoms with Crippen molar-refractivity contribution in [1.82, 2.24) is 30.0 Å². The lowest BCUT2D eigenvalue weighted by atomic mass is 10.1. The van der Waals surface area contributed by atoms with Gasteiger partial charge in [0, 0.05) is 16.6 Å². The molecule has 0 bridgehead atoms. The third-order valence-electron chi connectivity index (χ3n) is 4.50. The number of benzene rings is 1. The van der Waals surface area contributed by atoms with E-state index >= 15 is 0 Å². The number of aliphatic hydroxyl groups is 1. The number of amides is 1. The molecule has 4 rings (SSSR count). The molecule has 3 N–H and O–H groups in total. The Balaban J connectivity index is 1.82. The molecule has 0 aliphatic carbocycles. The molecule has 4 aromatic rings. The van der Waals surface area contributed by atoms with Crippen LogP contribution in [0, 0.1) is 6.92 Å². The number of hydrogen-bond acceptors (Lipinski definition) is 5. The van der Waals surface area contributed by atoms with Crippen LogP contribution in [0.3, 0.4) is 0 Å². The average molecular weight is 399 g/mol. The topological polar surface area (TPSA) is 109 Å². The molecular weight excluding hydrogens is 380 g/mol. The summed E-state index contributed by atoms with van der Waals surface area (Å²) < 4.78 is 1.68. The molecule has 0 aliphatic heterocycles. The summed E-state index contributed by atoms with van der Waals surface area (Å²) in [5.41, 5.74) is 2.18. The van der Waals surface area contributed by atoms with Crippen molar-refractivity contribution in [2.45, 2.75) is 26.3 Å². The van der Waals surface area contributed by atoms with E-state index in [1.807, 2.05) is 19.1 Å². The summed E-state index contributed by atoms with van der Waals surface area (Å²) in [5.74, 6) is 0.146. The van der Waals surface area contributed by atoms with Gasteiger partial charge in [0.2, 0.25) is 0 Å². The first-order valence-electron chi connectivity index (χ1n) is 8.72. The third kappa shape index (κ3) is 3.10. The zero-order valence-electron chi connectivity index (χ0n) is 15.6. The highest BCUT2D eigenvalue weighted by Gasteiger charge is 2.23. The number of fused-ring (bicyclic) bond motifs is 2. The van der Waals surface area contributed by atoms with Gasteiger partial charge in [0.1, 0.15) is 5.52 Å². The number of carbonyl (C=O) groups is 1. The van der Waals surface area contributed by atoms with Crippen LogP contribution in [-0.2, 0) is 0 Å². The Labute approximate surface area is 165 Å². The highest BCUT2D eigenvalue weighted by atomic mass is 35.5. The molecule has 0 saturated carbocycles. The first kappa shape index (κ1) is 18.4. The molecule has 0 spiro atoms. The number of carbonyl (C=O) groups excluding carboxylic acids is 1. The van der Waals surface area contributed by atoms with Gasteiger partial charge in [-0.15, -0.1) is 0 Å². The van der Waals surface area contributed by atoms with Crippen LogP contribution in [0.1, 0.15) is 29.9 Å². The van der Waals surface area contributed by atoms with Crippen LogP contribution in [-0.4, -0.2) is 47.9 Å². The van der Waals surface area contributed by atoms with Crippen molar-refractivity contribution < 1.29 is 9.90 Å². The molecule has 0 aliphatic rings. The normalized spacial score (nSPS) is 12.0. The van der Waals surface area contributed by atoms with Crippen molar-refractivity contribution in [3.05, 3.63) is 46.9 Å². The standard InChI is InChI=1S/C19H19ClN6O2/c1-10-12-6-11(20)4-5-14(12)26(25-10)15-8-22-17-16(23-15)13(7-21-17)18(28)24-19(2,3)9-27/h4-8,27H,9H2,1-3H3,(H,21,22)(H,24,28). The van der Waals surface area contributed by atoms with Crippen molar-refractivity contribution in [2.24, 2.45) is 0 Å². The van der Waals surface area contributed by atoms with Gasteiger partial charge < -0.3 is 15.4 Å². The van der Waals surface area contributed by atoms with E-state index in [4.69, 9.17) is 11.6 Å². The number of H-pyrrole nitrogens is 1. The quantitative estimate of drug-likeness (QED) is 0.489. The molecule has 28 heavy (non-hydrogen) atoms. The van der Waals surface area contributed by atoms with Gasteiger partial charge in [-0.25, -0.2) is 14.6 Å². The predicted molar refractivity (Wildman–Crippen MR) is 107 cm³/mol. The minimum atomic E-state index is -0.750. The highest BCUT2D eigenvalue weighted by Crippen LogP contribution is 2.25. The molecule has 1 amide bonds. The Kier molecular flexibility index (Phi) is 4.32. The number of aromatic amines is 1. The Bertz CT molecular complexity index is 1210. The van der Waals surface area contributed by atoms with E-state index in [1.165, 1.54) is 0 Å². The third-order valence-corrected chi connectivity index (χ3v) is 4.74. The predicted octanol–water partition coefficient (Wildman–Crippen LogP) is 2.76. The van der Waals surface area contributed by atoms with Gasteiger partial charge in [-0.3, -0.25) is 4.79 Å². The van der Waals surface area contributed by atoms with Crippen LogP contribution in [0.5, 0.6) is 0 Å². The Morgan fingerprint density at radius 3 is 2.93 bits per heavy atom. The van der Waals surface area contributed by atoms with Crippen LogP contribution in [0.2, 0.25) is 5.02 Å². The summed E-state index contributed by atoms with van der Waals surface area (Å²) in [6.45, 7) is 5.19. The molecule has 9 heteroatoms. The van der Waals surface area contributed by atoms with Crippen molar-refractivity contribution >= 4 is 39.6 Å². The largest absolute Gasteiger partial charge is 0.394 e. The minimum Gasteiger partial charge on any atom is -0.394 e. The van der Waals surface area contributed by atoms with Gasteiger partial charge in [0.15, 0.2) is 11.5 Å². The van der Waals surface area contributed by atoms with Gasteiger partial charge in [-0.2, -0.15) is 5.10 Å². The van der Waals surface area contributed by atoms with E-state index in [0.717, 1.165) is 16.6 Å². The van der Waals surface area contributed by atoms with Gasteiger partial charge in [0.25, 0.3) is 5.91 Å². The second-order valence-electron chi connectivity index (χ2n) is 7.28. The number of nitrogens with one attached hydrogen (secondary N) is 2. The van der Waals surface area contributed by atoms with Crippen molar-refractivity contribution in [1.29, 1.82) is 0 Å². The van der Waals surface area contributed by atoms with Crippen molar-refractivity contribution in [2.75, 3.05) is 6.61 Å². The summed E-state index contributed by atoms with van der Waals surface area (Å²) in [6.07, 6.45) is 3.15. The summed E-state index contributed by atoms with van der Waals surface area (Å²) in [6, 6.07) is 5.52. The number of aryl methyl sites for hydroxylation is 1. The van der Waals surface area contributed by atoms with Crippen LogP contribution >= 0.6 is 11.6 Å². The number of aromatic nitrogens is 5. The van der Waals surface area contributed by atoms with E-state index < -0.39 is 5.54 Å². The number of aliphatic hydroxyl groups excluding tert-OH is 1. The van der Waals surface area contributed by atoms with E-state index in [1.54, 1.807) is 37.0 Å². The number of nitrogens with zero attached hydrogens (tertiary/aromatic N) is 4. The van der Waals surface area contributed by atoms with Gasteiger partial charge in [-0.05, 0) is 39.0 Å². The summed E-state index contributed by atoms with van der Waals surface area (Å²) in [4.78, 5) is 24.6. The average Bonchev–Trinajstić information content (AvgIpc) is 3.22. The molecule has 0 fully saturated rings. The van der Waals surface area contributed by atoms with Gasteiger partial charge in [-0.1, -0.05) is 11.6 Å². The fourth-order valence-electron chi connectivity index (χ4n) is 2.99. The lowest BCUT2D eigenvalue weighted by Crippen LogP contribution is -2.46. The molecule has 3 heterocycles. The zero-order chi connectivity index (χ0) is 20.1. The molecule has 1 aromatic carbocycles. The van der Waals surface area contributed by atoms with Crippen molar-refractivity contribution in [3.63, 3.8) is 0 Å². The van der Waals surface area contributed by atoms with Gasteiger partial charge >= 0.3 is 0 Å². The molecule has 8 nitrogen and oxygen atoms in total. The number of hydrogen-bond donors (Lipinski definition) is 3. The first-order valence-corrected chi connectivity index (χ1v) is 9.09. The SMILES string of the molecule is Cc1nn(-c2cnc3[nH]cc(C(=O)NC(C)(C)CO)c3n2)c2ccc(Cl)cc12. The summed E-state index contributed by atoms with van der Waals surface area (Å²) >= 11 is 6.10. The van der Waals surface area contributed by atoms with Crippen LogP contribution in [0.4, 0.5) is 0 Å². The molecule has 144 valence electrons. The summed E-state index contributed by atoms with van der Waals surface area (Å²) in [7, 11) is 0. The zero-order valence-corrected chi connectivity index (χ0v) is 16.4. The lowest BCUT2D eigenvalue weighted by Gasteiger charge is -2.23. The maximum absolute atomic E-state index is 12.6. The summed E-state index contributed by atoms with van der Waals surface area (Å²) in [5, 5.41) is 18.3. The Morgan fingerprint density at radius 1 is 1.39 bits per heavy atom. The van der Waals surface area contributed by atoms with E-state index in [2.05, 4.69) is 25.4 Å². The second-order valence-corrected chi connectivity index (χ2v) is 7.72. The maximum atomic E-state index is 12.6. The van der Waals surface area contributed by atoms with E-state index in [0.29, 0.717) is 27.6 Å². The second kappa shape index (κ2) is 6.57. The Morgan fingerprint density at radius 2 is 2.18 bits per heavy atom. The fraction of sp³-hybridized carbons (Fsp3) is 0.263. The fourth-order valence-corrected chi connectivity index (χ4v) is 3.16. The molecule has 0 atom stereocenters. The van der Waals surface area contributed by atoms with Crippen LogP contribution in [0.15, 0.2) is 30.6 Å².